The SMILES string of the molecule is CCC(C(C)C)n1nnnc1-c1cc(F)c(F)cc1N. The molecule has 20 heavy (non-hydrogen) atoms. The fourth-order valence-electron chi connectivity index (χ4n) is 2.28. The van der Waals surface area contributed by atoms with Crippen LogP contribution in [0.4, 0.5) is 14.5 Å². The van der Waals surface area contributed by atoms with Gasteiger partial charge < -0.3 is 5.73 Å². The van der Waals surface area contributed by atoms with Gasteiger partial charge in [0.2, 0.25) is 0 Å². The summed E-state index contributed by atoms with van der Waals surface area (Å²) in [6.07, 6.45) is 0.819. The first-order chi connectivity index (χ1) is 9.45. The van der Waals surface area contributed by atoms with Crippen molar-refractivity contribution in [2.45, 2.75) is 33.2 Å². The summed E-state index contributed by atoms with van der Waals surface area (Å²) < 4.78 is 28.2. The number of anilines is 1. The summed E-state index contributed by atoms with van der Waals surface area (Å²) in [6.45, 7) is 6.12. The van der Waals surface area contributed by atoms with E-state index in [-0.39, 0.29) is 11.7 Å². The minimum Gasteiger partial charge on any atom is -0.398 e. The number of nitrogen functional groups attached to an aromatic ring is 1. The fraction of sp³-hybridized carbons (Fsp3) is 0.462. The topological polar surface area (TPSA) is 69.6 Å². The third-order valence-electron chi connectivity index (χ3n) is 3.33. The quantitative estimate of drug-likeness (QED) is 0.875. The highest BCUT2D eigenvalue weighted by molar-refractivity contribution is 5.71. The van der Waals surface area contributed by atoms with Crippen LogP contribution < -0.4 is 5.73 Å². The molecule has 1 aromatic carbocycles. The van der Waals surface area contributed by atoms with Crippen LogP contribution in [0.25, 0.3) is 11.4 Å². The Kier molecular flexibility index (Phi) is 3.96. The van der Waals surface area contributed by atoms with Gasteiger partial charge in [-0.05, 0) is 28.8 Å². The van der Waals surface area contributed by atoms with E-state index >= 15 is 0 Å². The zero-order valence-electron chi connectivity index (χ0n) is 11.6. The Labute approximate surface area is 115 Å². The van der Waals surface area contributed by atoms with Crippen molar-refractivity contribution in [3.8, 4) is 11.4 Å². The molecule has 1 unspecified atom stereocenters. The van der Waals surface area contributed by atoms with Crippen molar-refractivity contribution in [3.05, 3.63) is 23.8 Å². The van der Waals surface area contributed by atoms with E-state index < -0.39 is 11.6 Å². The van der Waals surface area contributed by atoms with Crippen molar-refractivity contribution in [1.82, 2.24) is 20.2 Å². The molecule has 108 valence electrons. The van der Waals surface area contributed by atoms with Gasteiger partial charge in [-0.1, -0.05) is 20.8 Å². The van der Waals surface area contributed by atoms with E-state index in [9.17, 15) is 8.78 Å². The molecule has 0 bridgehead atoms. The second kappa shape index (κ2) is 5.52. The molecule has 0 spiro atoms. The average molecular weight is 281 g/mol. The molecule has 1 heterocycles. The maximum atomic E-state index is 13.4. The van der Waals surface area contributed by atoms with E-state index in [0.717, 1.165) is 18.6 Å². The van der Waals surface area contributed by atoms with E-state index in [1.807, 2.05) is 20.8 Å². The van der Waals surface area contributed by atoms with Gasteiger partial charge in [-0.3, -0.25) is 0 Å². The summed E-state index contributed by atoms with van der Waals surface area (Å²) in [4.78, 5) is 0. The van der Waals surface area contributed by atoms with Gasteiger partial charge in [0.1, 0.15) is 0 Å². The number of halogens is 2. The molecule has 5 nitrogen and oxygen atoms in total. The maximum absolute atomic E-state index is 13.4. The monoisotopic (exact) mass is 281 g/mol. The molecule has 0 saturated carbocycles. The zero-order chi connectivity index (χ0) is 14.9. The molecule has 0 aliphatic rings. The summed E-state index contributed by atoms with van der Waals surface area (Å²) >= 11 is 0. The molecule has 2 N–H and O–H groups in total. The highest BCUT2D eigenvalue weighted by Gasteiger charge is 2.22. The number of benzene rings is 1. The first-order valence-electron chi connectivity index (χ1n) is 6.48. The Morgan fingerprint density at radius 2 is 1.90 bits per heavy atom. The van der Waals surface area contributed by atoms with E-state index in [1.165, 1.54) is 0 Å². The first kappa shape index (κ1) is 14.4. The minimum absolute atomic E-state index is 0.0625. The van der Waals surface area contributed by atoms with E-state index in [2.05, 4.69) is 15.5 Å². The Morgan fingerprint density at radius 1 is 1.25 bits per heavy atom. The third-order valence-corrected chi connectivity index (χ3v) is 3.33. The van der Waals surface area contributed by atoms with Crippen molar-refractivity contribution >= 4 is 5.69 Å². The van der Waals surface area contributed by atoms with Crippen LogP contribution in [0.2, 0.25) is 0 Å². The summed E-state index contributed by atoms with van der Waals surface area (Å²) in [5.74, 6) is -1.31. The number of hydrogen-bond acceptors (Lipinski definition) is 4. The minimum atomic E-state index is -0.985. The lowest BCUT2D eigenvalue weighted by atomic mass is 10.0. The smallest absolute Gasteiger partial charge is 0.184 e. The van der Waals surface area contributed by atoms with E-state index in [0.29, 0.717) is 17.3 Å². The largest absolute Gasteiger partial charge is 0.398 e. The highest BCUT2D eigenvalue weighted by atomic mass is 19.2. The summed E-state index contributed by atoms with van der Waals surface area (Å²) in [5, 5.41) is 11.5. The van der Waals surface area contributed by atoms with Crippen LogP contribution in [-0.2, 0) is 0 Å². The molecule has 1 atom stereocenters. The predicted octanol–water partition coefficient (Wildman–Crippen LogP) is 2.81. The van der Waals surface area contributed by atoms with Crippen LogP contribution in [0.5, 0.6) is 0 Å². The predicted molar refractivity (Wildman–Crippen MR) is 71.7 cm³/mol. The lowest BCUT2D eigenvalue weighted by Crippen LogP contribution is -2.17. The third kappa shape index (κ3) is 2.48. The second-order valence-electron chi connectivity index (χ2n) is 5.02. The van der Waals surface area contributed by atoms with Gasteiger partial charge in [-0.15, -0.1) is 5.10 Å². The van der Waals surface area contributed by atoms with Gasteiger partial charge in [0.25, 0.3) is 0 Å². The molecule has 0 radical (unpaired) electrons. The van der Waals surface area contributed by atoms with Crippen LogP contribution in [0.15, 0.2) is 12.1 Å². The second-order valence-corrected chi connectivity index (χ2v) is 5.02. The van der Waals surface area contributed by atoms with Gasteiger partial charge in [-0.2, -0.15) is 0 Å². The van der Waals surface area contributed by atoms with Crippen molar-refractivity contribution in [1.29, 1.82) is 0 Å². The normalized spacial score (nSPS) is 12.9. The molecular formula is C13H17F2N5. The van der Waals surface area contributed by atoms with Crippen LogP contribution in [0.1, 0.15) is 33.2 Å². The van der Waals surface area contributed by atoms with Crippen molar-refractivity contribution < 1.29 is 8.78 Å². The number of nitrogens with two attached hydrogens (primary N) is 1. The molecule has 0 saturated heterocycles. The first-order valence-corrected chi connectivity index (χ1v) is 6.48. The summed E-state index contributed by atoms with van der Waals surface area (Å²) in [6, 6.07) is 2.03. The molecule has 0 fully saturated rings. The molecule has 0 aliphatic carbocycles. The zero-order valence-corrected chi connectivity index (χ0v) is 11.6. The Balaban J connectivity index is 2.55. The molecule has 7 heteroatoms. The highest BCUT2D eigenvalue weighted by Crippen LogP contribution is 2.30. The van der Waals surface area contributed by atoms with Crippen molar-refractivity contribution in [2.75, 3.05) is 5.73 Å². The summed E-state index contributed by atoms with van der Waals surface area (Å²) in [5.41, 5.74) is 6.16. The fourth-order valence-corrected chi connectivity index (χ4v) is 2.28. The van der Waals surface area contributed by atoms with Gasteiger partial charge in [0.05, 0.1) is 6.04 Å². The van der Waals surface area contributed by atoms with E-state index in [4.69, 9.17) is 5.73 Å². The lowest BCUT2D eigenvalue weighted by Gasteiger charge is -2.20. The van der Waals surface area contributed by atoms with E-state index in [1.54, 1.807) is 4.68 Å². The number of hydrogen-bond donors (Lipinski definition) is 1. The van der Waals surface area contributed by atoms with Crippen LogP contribution in [-0.4, -0.2) is 20.2 Å². The Bertz CT molecular complexity index is 609. The van der Waals surface area contributed by atoms with Crippen LogP contribution in [0, 0.1) is 17.6 Å². The Hall–Kier alpha value is -2.05. The van der Waals surface area contributed by atoms with Crippen molar-refractivity contribution in [3.63, 3.8) is 0 Å². The van der Waals surface area contributed by atoms with Gasteiger partial charge in [-0.25, -0.2) is 13.5 Å². The number of rotatable bonds is 4. The average Bonchev–Trinajstić information content (AvgIpc) is 2.83. The Morgan fingerprint density at radius 3 is 2.50 bits per heavy atom. The molecule has 2 aromatic rings. The maximum Gasteiger partial charge on any atom is 0.184 e. The van der Waals surface area contributed by atoms with Gasteiger partial charge in [0.15, 0.2) is 17.5 Å². The van der Waals surface area contributed by atoms with Gasteiger partial charge >= 0.3 is 0 Å². The number of tetrazole rings is 1. The molecule has 0 aliphatic heterocycles. The molecular weight excluding hydrogens is 264 g/mol. The number of nitrogens with zero attached hydrogens (tertiary/aromatic N) is 4. The lowest BCUT2D eigenvalue weighted by molar-refractivity contribution is 0.333. The van der Waals surface area contributed by atoms with Crippen LogP contribution in [0.3, 0.4) is 0 Å². The standard InChI is InChI=1S/C13H17F2N5/c1-4-12(7(2)3)20-13(17-18-19-20)8-5-9(14)10(15)6-11(8)16/h5-7,12H,4,16H2,1-3H3. The number of aromatic nitrogens is 4. The molecule has 2 rings (SSSR count). The molecule has 1 aromatic heterocycles. The van der Waals surface area contributed by atoms with Crippen LogP contribution >= 0.6 is 0 Å². The van der Waals surface area contributed by atoms with Crippen molar-refractivity contribution in [2.24, 2.45) is 5.92 Å². The molecule has 0 amide bonds. The van der Waals surface area contributed by atoms with Gasteiger partial charge in [0, 0.05) is 17.3 Å². The summed E-state index contributed by atoms with van der Waals surface area (Å²) in [7, 11) is 0.